The summed E-state index contributed by atoms with van der Waals surface area (Å²) in [5, 5.41) is 10.1. The molecule has 0 bridgehead atoms. The van der Waals surface area contributed by atoms with Gasteiger partial charge in [0.15, 0.2) is 0 Å². The van der Waals surface area contributed by atoms with E-state index in [1.807, 2.05) is 6.92 Å². The Labute approximate surface area is 112 Å². The van der Waals surface area contributed by atoms with E-state index in [-0.39, 0.29) is 0 Å². The number of aliphatic hydroxyl groups is 1. The third-order valence-electron chi connectivity index (χ3n) is 4.44. The molecule has 1 heterocycles. The molecule has 1 fully saturated rings. The fourth-order valence-electron chi connectivity index (χ4n) is 2.71. The van der Waals surface area contributed by atoms with Crippen molar-refractivity contribution in [2.24, 2.45) is 5.73 Å². The van der Waals surface area contributed by atoms with Gasteiger partial charge >= 0.3 is 0 Å². The number of likely N-dealkylation sites (tertiary alicyclic amines) is 1. The summed E-state index contributed by atoms with van der Waals surface area (Å²) in [5.41, 5.74) is 4.98. The molecule has 1 rings (SSSR count). The fraction of sp³-hybridized carbons (Fsp3) is 1.00. The minimum absolute atomic E-state index is 0.381. The predicted molar refractivity (Wildman–Crippen MR) is 76.7 cm³/mol. The molecule has 0 radical (unpaired) electrons. The van der Waals surface area contributed by atoms with Crippen molar-refractivity contribution in [3.63, 3.8) is 0 Å². The number of hydrogen-bond acceptors (Lipinski definition) is 4. The van der Waals surface area contributed by atoms with E-state index in [4.69, 9.17) is 5.73 Å². The lowest BCUT2D eigenvalue weighted by Gasteiger charge is -2.35. The predicted octanol–water partition coefficient (Wildman–Crippen LogP) is 0.892. The molecule has 4 nitrogen and oxygen atoms in total. The quantitative estimate of drug-likeness (QED) is 0.711. The maximum Gasteiger partial charge on any atom is 0.0767 e. The lowest BCUT2D eigenvalue weighted by atomic mass is 9.94. The van der Waals surface area contributed by atoms with Gasteiger partial charge in [0, 0.05) is 12.6 Å². The Morgan fingerprint density at radius 1 is 1.33 bits per heavy atom. The van der Waals surface area contributed by atoms with Gasteiger partial charge < -0.3 is 20.6 Å². The SMILES string of the molecule is CCC(O)(CN)CCCN1CCC(N(C)C)CC1. The Morgan fingerprint density at radius 2 is 1.94 bits per heavy atom. The second-order valence-corrected chi connectivity index (χ2v) is 5.92. The Balaban J connectivity index is 2.18. The first-order chi connectivity index (χ1) is 8.50. The van der Waals surface area contributed by atoms with Gasteiger partial charge in [0.1, 0.15) is 0 Å². The molecule has 0 saturated carbocycles. The van der Waals surface area contributed by atoms with Crippen molar-refractivity contribution >= 4 is 0 Å². The molecule has 0 aromatic rings. The van der Waals surface area contributed by atoms with Gasteiger partial charge in [-0.1, -0.05) is 6.92 Å². The van der Waals surface area contributed by atoms with Crippen LogP contribution in [0.15, 0.2) is 0 Å². The zero-order valence-corrected chi connectivity index (χ0v) is 12.4. The molecule has 0 aliphatic carbocycles. The number of nitrogens with zero attached hydrogens (tertiary/aromatic N) is 2. The minimum Gasteiger partial charge on any atom is -0.389 e. The molecule has 0 spiro atoms. The van der Waals surface area contributed by atoms with Crippen LogP contribution < -0.4 is 5.73 Å². The van der Waals surface area contributed by atoms with Crippen molar-refractivity contribution in [3.05, 3.63) is 0 Å². The van der Waals surface area contributed by atoms with Gasteiger partial charge in [0.2, 0.25) is 0 Å². The van der Waals surface area contributed by atoms with Gasteiger partial charge in [-0.05, 0) is 65.8 Å². The molecule has 1 atom stereocenters. The van der Waals surface area contributed by atoms with Crippen molar-refractivity contribution < 1.29 is 5.11 Å². The van der Waals surface area contributed by atoms with Crippen molar-refractivity contribution in [1.29, 1.82) is 0 Å². The summed E-state index contributed by atoms with van der Waals surface area (Å²) in [6, 6.07) is 0.748. The smallest absolute Gasteiger partial charge is 0.0767 e. The van der Waals surface area contributed by atoms with Crippen LogP contribution in [0.3, 0.4) is 0 Å². The van der Waals surface area contributed by atoms with E-state index in [1.54, 1.807) is 0 Å². The summed E-state index contributed by atoms with van der Waals surface area (Å²) in [6.45, 7) is 5.87. The summed E-state index contributed by atoms with van der Waals surface area (Å²) in [5.74, 6) is 0. The standard InChI is InChI=1S/C14H31N3O/c1-4-14(18,12-15)8-5-9-17-10-6-13(7-11-17)16(2)3/h13,18H,4-12,15H2,1-3H3. The number of rotatable bonds is 7. The molecular weight excluding hydrogens is 226 g/mol. The lowest BCUT2D eigenvalue weighted by Crippen LogP contribution is -2.43. The molecule has 1 saturated heterocycles. The van der Waals surface area contributed by atoms with Gasteiger partial charge in [-0.2, -0.15) is 0 Å². The highest BCUT2D eigenvalue weighted by Crippen LogP contribution is 2.18. The van der Waals surface area contributed by atoms with Crippen molar-refractivity contribution in [3.8, 4) is 0 Å². The molecule has 1 aliphatic rings. The van der Waals surface area contributed by atoms with E-state index in [0.717, 1.165) is 31.8 Å². The molecule has 108 valence electrons. The van der Waals surface area contributed by atoms with E-state index in [2.05, 4.69) is 23.9 Å². The fourth-order valence-corrected chi connectivity index (χ4v) is 2.71. The summed E-state index contributed by atoms with van der Waals surface area (Å²) in [4.78, 5) is 4.86. The van der Waals surface area contributed by atoms with Gasteiger partial charge in [-0.3, -0.25) is 0 Å². The van der Waals surface area contributed by atoms with Crippen LogP contribution in [-0.2, 0) is 0 Å². The zero-order chi connectivity index (χ0) is 13.6. The van der Waals surface area contributed by atoms with Gasteiger partial charge in [-0.25, -0.2) is 0 Å². The van der Waals surface area contributed by atoms with Crippen LogP contribution in [0.25, 0.3) is 0 Å². The minimum atomic E-state index is -0.637. The van der Waals surface area contributed by atoms with Crippen molar-refractivity contribution in [2.45, 2.75) is 50.7 Å². The summed E-state index contributed by atoms with van der Waals surface area (Å²) >= 11 is 0. The van der Waals surface area contributed by atoms with E-state index in [9.17, 15) is 5.11 Å². The largest absolute Gasteiger partial charge is 0.389 e. The Kier molecular flexibility index (Phi) is 6.57. The van der Waals surface area contributed by atoms with Gasteiger partial charge in [0.25, 0.3) is 0 Å². The highest BCUT2D eigenvalue weighted by molar-refractivity contribution is 4.80. The first-order valence-electron chi connectivity index (χ1n) is 7.32. The Bertz CT molecular complexity index is 221. The number of hydrogen-bond donors (Lipinski definition) is 2. The van der Waals surface area contributed by atoms with Crippen LogP contribution >= 0.6 is 0 Å². The van der Waals surface area contributed by atoms with Crippen molar-refractivity contribution in [1.82, 2.24) is 9.80 Å². The molecule has 0 aromatic heterocycles. The van der Waals surface area contributed by atoms with Crippen LogP contribution in [0.5, 0.6) is 0 Å². The highest BCUT2D eigenvalue weighted by atomic mass is 16.3. The third kappa shape index (κ3) is 4.84. The molecule has 4 heteroatoms. The Morgan fingerprint density at radius 3 is 2.39 bits per heavy atom. The van der Waals surface area contributed by atoms with E-state index in [0.29, 0.717) is 6.54 Å². The van der Waals surface area contributed by atoms with Crippen LogP contribution in [0.2, 0.25) is 0 Å². The van der Waals surface area contributed by atoms with Crippen LogP contribution in [0.1, 0.15) is 39.0 Å². The van der Waals surface area contributed by atoms with Gasteiger partial charge in [0.05, 0.1) is 5.60 Å². The van der Waals surface area contributed by atoms with E-state index in [1.165, 1.54) is 25.9 Å². The van der Waals surface area contributed by atoms with Crippen LogP contribution in [0, 0.1) is 0 Å². The first kappa shape index (κ1) is 15.9. The number of piperidine rings is 1. The summed E-state index contributed by atoms with van der Waals surface area (Å²) in [7, 11) is 4.34. The Hall–Kier alpha value is -0.160. The topological polar surface area (TPSA) is 52.7 Å². The second-order valence-electron chi connectivity index (χ2n) is 5.92. The van der Waals surface area contributed by atoms with Gasteiger partial charge in [-0.15, -0.1) is 0 Å². The molecule has 3 N–H and O–H groups in total. The first-order valence-corrected chi connectivity index (χ1v) is 7.32. The average Bonchev–Trinajstić information content (AvgIpc) is 2.39. The summed E-state index contributed by atoms with van der Waals surface area (Å²) < 4.78 is 0. The van der Waals surface area contributed by atoms with E-state index >= 15 is 0 Å². The van der Waals surface area contributed by atoms with Crippen molar-refractivity contribution in [2.75, 3.05) is 40.3 Å². The highest BCUT2D eigenvalue weighted by Gasteiger charge is 2.24. The molecule has 0 aromatic carbocycles. The second kappa shape index (κ2) is 7.43. The number of nitrogens with two attached hydrogens (primary N) is 1. The third-order valence-corrected chi connectivity index (χ3v) is 4.44. The zero-order valence-electron chi connectivity index (χ0n) is 12.4. The van der Waals surface area contributed by atoms with Crippen LogP contribution in [-0.4, -0.2) is 66.8 Å². The lowest BCUT2D eigenvalue weighted by molar-refractivity contribution is 0.0301. The molecule has 18 heavy (non-hydrogen) atoms. The normalized spacial score (nSPS) is 22.3. The molecule has 1 unspecified atom stereocenters. The molecule has 0 amide bonds. The summed E-state index contributed by atoms with van der Waals surface area (Å²) in [6.07, 6.45) is 5.16. The monoisotopic (exact) mass is 257 g/mol. The van der Waals surface area contributed by atoms with Crippen LogP contribution in [0.4, 0.5) is 0 Å². The van der Waals surface area contributed by atoms with E-state index < -0.39 is 5.60 Å². The molecular formula is C14H31N3O. The maximum atomic E-state index is 10.1. The maximum absolute atomic E-state index is 10.1. The molecule has 1 aliphatic heterocycles. The average molecular weight is 257 g/mol.